The summed E-state index contributed by atoms with van der Waals surface area (Å²) in [4.78, 5) is 0. The molecule has 25 heavy (non-hydrogen) atoms. The molecule has 0 amide bonds. The van der Waals surface area contributed by atoms with E-state index in [2.05, 4.69) is 31.7 Å². The Morgan fingerprint density at radius 3 is 2.52 bits per heavy atom. The van der Waals surface area contributed by atoms with Crippen LogP contribution < -0.4 is 10.6 Å². The van der Waals surface area contributed by atoms with Gasteiger partial charge < -0.3 is 10.6 Å². The minimum absolute atomic E-state index is 0.280. The van der Waals surface area contributed by atoms with Crippen LogP contribution in [-0.4, -0.2) is 14.9 Å². The van der Waals surface area contributed by atoms with E-state index in [0.717, 1.165) is 0 Å². The molecule has 0 unspecified atom stereocenters. The molecule has 0 fully saturated rings. The van der Waals surface area contributed by atoms with Crippen molar-refractivity contribution in [2.75, 3.05) is 10.6 Å². The Balaban J connectivity index is 1.67. The third-order valence-electron chi connectivity index (χ3n) is 3.34. The Labute approximate surface area is 157 Å². The van der Waals surface area contributed by atoms with Crippen LogP contribution in [0.4, 0.5) is 20.3 Å². The molecule has 3 rings (SSSR count). The summed E-state index contributed by atoms with van der Waals surface area (Å²) in [6, 6.07) is 12.4. The van der Waals surface area contributed by atoms with Gasteiger partial charge in [-0.05, 0) is 58.5 Å². The van der Waals surface area contributed by atoms with Crippen molar-refractivity contribution < 1.29 is 8.78 Å². The quantitative estimate of drug-likeness (QED) is 0.593. The first-order valence-corrected chi connectivity index (χ1v) is 8.51. The molecule has 8 heteroatoms. The third-order valence-corrected chi connectivity index (χ3v) is 4.13. The van der Waals surface area contributed by atoms with Gasteiger partial charge in [-0.15, -0.1) is 0 Å². The molecule has 0 saturated carbocycles. The molecule has 3 aromatic rings. The summed E-state index contributed by atoms with van der Waals surface area (Å²) in [5.41, 5.74) is 1.19. The highest BCUT2D eigenvalue weighted by atomic mass is 79.9. The fourth-order valence-corrected chi connectivity index (χ4v) is 2.80. The first-order chi connectivity index (χ1) is 12.0. The van der Waals surface area contributed by atoms with Crippen LogP contribution in [0.2, 0.25) is 0 Å². The number of anilines is 2. The lowest BCUT2D eigenvalue weighted by Gasteiger charge is -2.09. The standard InChI is InChI=1S/C17H13BrF2N4S/c18-14-10-24(9-11-3-1-2-4-15(11)20)23-16(14)22-17(25)21-13-7-5-12(19)6-8-13/h1-8,10H,9H2,(H2,21,22,23,25). The predicted octanol–water partition coefficient (Wildman–Crippen LogP) is 4.78. The summed E-state index contributed by atoms with van der Waals surface area (Å²) < 4.78 is 28.9. The van der Waals surface area contributed by atoms with Crippen molar-refractivity contribution in [3.05, 3.63) is 76.4 Å². The number of rotatable bonds is 4. The molecule has 1 aromatic heterocycles. The van der Waals surface area contributed by atoms with Crippen molar-refractivity contribution in [1.82, 2.24) is 9.78 Å². The fourth-order valence-electron chi connectivity index (χ4n) is 2.17. The molecular weight excluding hydrogens is 410 g/mol. The summed E-state index contributed by atoms with van der Waals surface area (Å²) in [5, 5.41) is 10.5. The van der Waals surface area contributed by atoms with Crippen molar-refractivity contribution in [3.8, 4) is 0 Å². The van der Waals surface area contributed by atoms with Gasteiger partial charge in [0.05, 0.1) is 11.0 Å². The van der Waals surface area contributed by atoms with Crippen molar-refractivity contribution in [3.63, 3.8) is 0 Å². The van der Waals surface area contributed by atoms with Gasteiger partial charge in [-0.3, -0.25) is 4.68 Å². The molecule has 128 valence electrons. The molecule has 0 saturated heterocycles. The molecule has 0 atom stereocenters. The molecule has 2 aromatic carbocycles. The number of nitrogens with zero attached hydrogens (tertiary/aromatic N) is 2. The fraction of sp³-hybridized carbons (Fsp3) is 0.0588. The average Bonchev–Trinajstić information content (AvgIpc) is 2.91. The van der Waals surface area contributed by atoms with E-state index in [-0.39, 0.29) is 11.6 Å². The van der Waals surface area contributed by atoms with Crippen LogP contribution in [0.25, 0.3) is 0 Å². The topological polar surface area (TPSA) is 41.9 Å². The Morgan fingerprint density at radius 1 is 1.08 bits per heavy atom. The zero-order valence-corrected chi connectivity index (χ0v) is 15.2. The number of aromatic nitrogens is 2. The van der Waals surface area contributed by atoms with Gasteiger partial charge in [-0.2, -0.15) is 5.10 Å². The molecule has 0 aliphatic heterocycles. The molecule has 1 heterocycles. The van der Waals surface area contributed by atoms with Crippen LogP contribution in [0.5, 0.6) is 0 Å². The maximum Gasteiger partial charge on any atom is 0.176 e. The normalized spacial score (nSPS) is 10.5. The molecule has 0 aliphatic rings. The molecule has 4 nitrogen and oxygen atoms in total. The smallest absolute Gasteiger partial charge is 0.176 e. The lowest BCUT2D eigenvalue weighted by molar-refractivity contribution is 0.586. The second-order valence-corrected chi connectivity index (χ2v) is 6.46. The molecule has 0 aliphatic carbocycles. The minimum Gasteiger partial charge on any atom is -0.332 e. The number of benzene rings is 2. The lowest BCUT2D eigenvalue weighted by Crippen LogP contribution is -2.19. The van der Waals surface area contributed by atoms with Crippen LogP contribution in [0.3, 0.4) is 0 Å². The molecule has 2 N–H and O–H groups in total. The largest absolute Gasteiger partial charge is 0.332 e. The van der Waals surface area contributed by atoms with E-state index in [9.17, 15) is 8.78 Å². The van der Waals surface area contributed by atoms with E-state index in [0.29, 0.717) is 33.2 Å². The second-order valence-electron chi connectivity index (χ2n) is 5.20. The Hall–Kier alpha value is -2.32. The van der Waals surface area contributed by atoms with E-state index >= 15 is 0 Å². The summed E-state index contributed by atoms with van der Waals surface area (Å²) in [6.45, 7) is 0.297. The van der Waals surface area contributed by atoms with E-state index in [1.807, 2.05) is 0 Å². The lowest BCUT2D eigenvalue weighted by atomic mass is 10.2. The number of hydrogen-bond donors (Lipinski definition) is 2. The monoisotopic (exact) mass is 422 g/mol. The summed E-state index contributed by atoms with van der Waals surface area (Å²) in [6.07, 6.45) is 1.73. The van der Waals surface area contributed by atoms with Crippen LogP contribution in [-0.2, 0) is 6.54 Å². The maximum absolute atomic E-state index is 13.7. The summed E-state index contributed by atoms with van der Waals surface area (Å²) in [7, 11) is 0. The maximum atomic E-state index is 13.7. The number of nitrogens with one attached hydrogen (secondary N) is 2. The van der Waals surface area contributed by atoms with E-state index in [1.165, 1.54) is 18.2 Å². The van der Waals surface area contributed by atoms with Gasteiger partial charge in [0.15, 0.2) is 10.9 Å². The van der Waals surface area contributed by atoms with Gasteiger partial charge in [-0.1, -0.05) is 18.2 Å². The van der Waals surface area contributed by atoms with Crippen LogP contribution in [0.15, 0.2) is 59.2 Å². The first-order valence-electron chi connectivity index (χ1n) is 7.31. The number of hydrogen-bond acceptors (Lipinski definition) is 2. The Morgan fingerprint density at radius 2 is 1.80 bits per heavy atom. The van der Waals surface area contributed by atoms with Gasteiger partial charge in [0.2, 0.25) is 0 Å². The van der Waals surface area contributed by atoms with Crippen LogP contribution in [0, 0.1) is 11.6 Å². The van der Waals surface area contributed by atoms with Crippen molar-refractivity contribution in [1.29, 1.82) is 0 Å². The van der Waals surface area contributed by atoms with E-state index in [1.54, 1.807) is 41.2 Å². The van der Waals surface area contributed by atoms with Crippen molar-refractivity contribution in [2.24, 2.45) is 0 Å². The van der Waals surface area contributed by atoms with Gasteiger partial charge in [-0.25, -0.2) is 8.78 Å². The Bertz CT molecular complexity index is 896. The highest BCUT2D eigenvalue weighted by Crippen LogP contribution is 2.21. The predicted molar refractivity (Wildman–Crippen MR) is 102 cm³/mol. The number of thiocarbonyl (C=S) groups is 1. The van der Waals surface area contributed by atoms with Crippen molar-refractivity contribution >= 4 is 44.8 Å². The number of halogens is 3. The SMILES string of the molecule is Fc1ccc(NC(=S)Nc2nn(Cc3ccccc3F)cc2Br)cc1. The van der Waals surface area contributed by atoms with Gasteiger partial charge in [0, 0.05) is 17.4 Å². The highest BCUT2D eigenvalue weighted by molar-refractivity contribution is 9.10. The zero-order chi connectivity index (χ0) is 17.8. The first kappa shape index (κ1) is 17.5. The van der Waals surface area contributed by atoms with Crippen LogP contribution >= 0.6 is 28.1 Å². The zero-order valence-electron chi connectivity index (χ0n) is 12.8. The average molecular weight is 423 g/mol. The highest BCUT2D eigenvalue weighted by Gasteiger charge is 2.10. The second kappa shape index (κ2) is 7.71. The van der Waals surface area contributed by atoms with Gasteiger partial charge in [0.1, 0.15) is 11.6 Å². The van der Waals surface area contributed by atoms with Gasteiger partial charge >= 0.3 is 0 Å². The summed E-state index contributed by atoms with van der Waals surface area (Å²) in [5.74, 6) is -0.105. The Kier molecular flexibility index (Phi) is 5.40. The van der Waals surface area contributed by atoms with E-state index in [4.69, 9.17) is 12.2 Å². The molecule has 0 spiro atoms. The molecule has 0 radical (unpaired) electrons. The van der Waals surface area contributed by atoms with Crippen LogP contribution in [0.1, 0.15) is 5.56 Å². The van der Waals surface area contributed by atoms with Crippen molar-refractivity contribution in [2.45, 2.75) is 6.54 Å². The minimum atomic E-state index is -0.320. The summed E-state index contributed by atoms with van der Waals surface area (Å²) >= 11 is 8.62. The molecular formula is C17H13BrF2N4S. The van der Waals surface area contributed by atoms with E-state index < -0.39 is 0 Å². The molecule has 0 bridgehead atoms. The third kappa shape index (κ3) is 4.61. The van der Waals surface area contributed by atoms with Gasteiger partial charge in [0.25, 0.3) is 0 Å².